The Morgan fingerprint density at radius 1 is 1.47 bits per heavy atom. The van der Waals surface area contributed by atoms with Crippen molar-refractivity contribution in [2.75, 3.05) is 20.3 Å². The lowest BCUT2D eigenvalue weighted by atomic mass is 9.88. The molecule has 90 valence electrons. The average molecular weight is 230 g/mol. The van der Waals surface area contributed by atoms with Gasteiger partial charge in [0.25, 0.3) is 0 Å². The quantitative estimate of drug-likeness (QED) is 0.860. The summed E-state index contributed by atoms with van der Waals surface area (Å²) in [6, 6.07) is 10.6. The molecular weight excluding hydrogens is 212 g/mol. The van der Waals surface area contributed by atoms with Crippen LogP contribution in [0.1, 0.15) is 17.5 Å². The molecule has 1 heterocycles. The van der Waals surface area contributed by atoms with Crippen molar-refractivity contribution in [3.63, 3.8) is 0 Å². The zero-order valence-electron chi connectivity index (χ0n) is 10.1. The normalized spacial score (nSPS) is 24.2. The van der Waals surface area contributed by atoms with E-state index in [0.717, 1.165) is 37.2 Å². The molecular formula is C14H18N2O. The molecule has 1 aliphatic rings. The molecule has 1 aliphatic heterocycles. The Labute approximate surface area is 102 Å². The summed E-state index contributed by atoms with van der Waals surface area (Å²) < 4.78 is 5.54. The lowest BCUT2D eigenvalue weighted by Gasteiger charge is -2.31. The van der Waals surface area contributed by atoms with E-state index >= 15 is 0 Å². The second-order valence-electron chi connectivity index (χ2n) is 4.49. The van der Waals surface area contributed by atoms with Crippen LogP contribution in [0.4, 0.5) is 0 Å². The maximum atomic E-state index is 9.07. The Kier molecular flexibility index (Phi) is 4.13. The first kappa shape index (κ1) is 12.1. The van der Waals surface area contributed by atoms with Crippen LogP contribution < -0.4 is 5.32 Å². The van der Waals surface area contributed by atoms with Gasteiger partial charge in [0.2, 0.25) is 0 Å². The van der Waals surface area contributed by atoms with Gasteiger partial charge in [0.1, 0.15) is 0 Å². The molecule has 0 saturated carbocycles. The Balaban J connectivity index is 2.11. The van der Waals surface area contributed by atoms with Crippen molar-refractivity contribution < 1.29 is 4.74 Å². The number of nitrogens with one attached hydrogen (secondary N) is 1. The largest absolute Gasteiger partial charge is 0.381 e. The summed E-state index contributed by atoms with van der Waals surface area (Å²) in [4.78, 5) is 0. The van der Waals surface area contributed by atoms with E-state index in [0.29, 0.717) is 12.0 Å². The van der Waals surface area contributed by atoms with E-state index in [1.807, 2.05) is 31.3 Å². The fraction of sp³-hybridized carbons (Fsp3) is 0.500. The molecule has 2 atom stereocenters. The van der Waals surface area contributed by atoms with Crippen LogP contribution in [0, 0.1) is 17.2 Å². The average Bonchev–Trinajstić information content (AvgIpc) is 2.40. The summed E-state index contributed by atoms with van der Waals surface area (Å²) in [5, 5.41) is 12.4. The van der Waals surface area contributed by atoms with E-state index in [-0.39, 0.29) is 0 Å². The molecule has 3 heteroatoms. The summed E-state index contributed by atoms with van der Waals surface area (Å²) >= 11 is 0. The zero-order valence-corrected chi connectivity index (χ0v) is 10.1. The molecule has 2 unspecified atom stereocenters. The number of benzene rings is 1. The molecule has 3 nitrogen and oxygen atoms in total. The predicted molar refractivity (Wildman–Crippen MR) is 66.6 cm³/mol. The van der Waals surface area contributed by atoms with Crippen molar-refractivity contribution in [2.24, 2.45) is 5.92 Å². The van der Waals surface area contributed by atoms with Gasteiger partial charge >= 0.3 is 0 Å². The first-order valence-electron chi connectivity index (χ1n) is 6.08. The second-order valence-corrected chi connectivity index (χ2v) is 4.49. The van der Waals surface area contributed by atoms with Gasteiger partial charge in [0.15, 0.2) is 0 Å². The van der Waals surface area contributed by atoms with E-state index < -0.39 is 0 Å². The minimum absolute atomic E-state index is 0.461. The molecule has 17 heavy (non-hydrogen) atoms. The van der Waals surface area contributed by atoms with Crippen molar-refractivity contribution in [1.82, 2.24) is 5.32 Å². The highest BCUT2D eigenvalue weighted by Gasteiger charge is 2.25. The van der Waals surface area contributed by atoms with Crippen LogP contribution in [0.5, 0.6) is 0 Å². The van der Waals surface area contributed by atoms with Crippen molar-refractivity contribution in [3.8, 4) is 6.07 Å². The predicted octanol–water partition coefficient (Wildman–Crippen LogP) is 1.73. The molecule has 1 aromatic carbocycles. The smallest absolute Gasteiger partial charge is 0.0994 e. The van der Waals surface area contributed by atoms with E-state index in [1.165, 1.54) is 0 Å². The van der Waals surface area contributed by atoms with Gasteiger partial charge in [0.05, 0.1) is 18.2 Å². The van der Waals surface area contributed by atoms with E-state index in [1.54, 1.807) is 0 Å². The van der Waals surface area contributed by atoms with Gasteiger partial charge in [-0.25, -0.2) is 0 Å². The minimum Gasteiger partial charge on any atom is -0.381 e. The fourth-order valence-corrected chi connectivity index (χ4v) is 2.47. The van der Waals surface area contributed by atoms with E-state index in [2.05, 4.69) is 11.4 Å². The highest BCUT2D eigenvalue weighted by Crippen LogP contribution is 2.21. The molecule has 1 aromatic rings. The standard InChI is InChI=1S/C14H18N2O/c1-16-14-6-7-17-10-13(14)8-11-4-2-3-5-12(11)9-15/h2-5,13-14,16H,6-8,10H2,1H3. The molecule has 1 N–H and O–H groups in total. The summed E-state index contributed by atoms with van der Waals surface area (Å²) in [6.45, 7) is 1.62. The number of hydrogen-bond donors (Lipinski definition) is 1. The van der Waals surface area contributed by atoms with Crippen LogP contribution in [-0.2, 0) is 11.2 Å². The lowest BCUT2D eigenvalue weighted by molar-refractivity contribution is 0.0342. The third kappa shape index (κ3) is 2.85. The third-order valence-electron chi connectivity index (χ3n) is 3.46. The number of hydrogen-bond acceptors (Lipinski definition) is 3. The van der Waals surface area contributed by atoms with Gasteiger partial charge in [-0.3, -0.25) is 0 Å². The highest BCUT2D eigenvalue weighted by molar-refractivity contribution is 5.37. The van der Waals surface area contributed by atoms with Gasteiger partial charge in [-0.2, -0.15) is 5.26 Å². The monoisotopic (exact) mass is 230 g/mol. The molecule has 0 spiro atoms. The number of rotatable bonds is 3. The Morgan fingerprint density at radius 3 is 3.06 bits per heavy atom. The van der Waals surface area contributed by atoms with Crippen LogP contribution in [0.3, 0.4) is 0 Å². The summed E-state index contributed by atoms with van der Waals surface area (Å²) in [5.74, 6) is 0.461. The fourth-order valence-electron chi connectivity index (χ4n) is 2.47. The van der Waals surface area contributed by atoms with Gasteiger partial charge in [0, 0.05) is 18.6 Å². The van der Waals surface area contributed by atoms with E-state index in [4.69, 9.17) is 10.00 Å². The van der Waals surface area contributed by atoms with Gasteiger partial charge in [-0.15, -0.1) is 0 Å². The zero-order chi connectivity index (χ0) is 12.1. The molecule has 1 fully saturated rings. The highest BCUT2D eigenvalue weighted by atomic mass is 16.5. The van der Waals surface area contributed by atoms with Gasteiger partial charge in [-0.1, -0.05) is 18.2 Å². The second kappa shape index (κ2) is 5.81. The topological polar surface area (TPSA) is 45.0 Å². The first-order valence-corrected chi connectivity index (χ1v) is 6.08. The molecule has 0 bridgehead atoms. The lowest BCUT2D eigenvalue weighted by Crippen LogP contribution is -2.42. The minimum atomic E-state index is 0.461. The van der Waals surface area contributed by atoms with Crippen molar-refractivity contribution in [3.05, 3.63) is 35.4 Å². The molecule has 0 radical (unpaired) electrons. The maximum absolute atomic E-state index is 9.07. The van der Waals surface area contributed by atoms with Crippen LogP contribution in [-0.4, -0.2) is 26.3 Å². The molecule has 1 saturated heterocycles. The van der Waals surface area contributed by atoms with Crippen molar-refractivity contribution in [1.29, 1.82) is 5.26 Å². The molecule has 2 rings (SSSR count). The number of nitrogens with zero attached hydrogens (tertiary/aromatic N) is 1. The summed E-state index contributed by atoms with van der Waals surface area (Å²) in [5.41, 5.74) is 1.92. The Morgan fingerprint density at radius 2 is 2.29 bits per heavy atom. The Bertz CT molecular complexity index is 411. The summed E-state index contributed by atoms with van der Waals surface area (Å²) in [7, 11) is 2.00. The maximum Gasteiger partial charge on any atom is 0.0994 e. The van der Waals surface area contributed by atoms with E-state index in [9.17, 15) is 0 Å². The van der Waals surface area contributed by atoms with Crippen molar-refractivity contribution >= 4 is 0 Å². The van der Waals surface area contributed by atoms with Gasteiger partial charge in [-0.05, 0) is 31.5 Å². The molecule has 0 aromatic heterocycles. The van der Waals surface area contributed by atoms with Gasteiger partial charge < -0.3 is 10.1 Å². The van der Waals surface area contributed by atoms with Crippen molar-refractivity contribution in [2.45, 2.75) is 18.9 Å². The Hall–Kier alpha value is -1.37. The van der Waals surface area contributed by atoms with Crippen LogP contribution in [0.15, 0.2) is 24.3 Å². The van der Waals surface area contributed by atoms with Crippen LogP contribution in [0.25, 0.3) is 0 Å². The number of ether oxygens (including phenoxy) is 1. The summed E-state index contributed by atoms with van der Waals surface area (Å²) in [6.07, 6.45) is 1.96. The SMILES string of the molecule is CNC1CCOCC1Cc1ccccc1C#N. The van der Waals surface area contributed by atoms with Crippen LogP contribution in [0.2, 0.25) is 0 Å². The number of nitriles is 1. The molecule has 0 aliphatic carbocycles. The van der Waals surface area contributed by atoms with Crippen LogP contribution >= 0.6 is 0 Å². The first-order chi connectivity index (χ1) is 8.35. The molecule has 0 amide bonds. The third-order valence-corrected chi connectivity index (χ3v) is 3.46.